The monoisotopic (exact) mass is 283 g/mol. The number of aromatic nitrogens is 2. The maximum atomic E-state index is 14.1. The number of ether oxygens (including phenoxy) is 2. The van der Waals surface area contributed by atoms with Crippen LogP contribution in [0.1, 0.15) is 0 Å². The largest absolute Gasteiger partial charge is 0.492 e. The van der Waals surface area contributed by atoms with Gasteiger partial charge < -0.3 is 15.2 Å². The summed E-state index contributed by atoms with van der Waals surface area (Å²) in [5.41, 5.74) is 6.84. The lowest BCUT2D eigenvalue weighted by molar-refractivity contribution is 0.344. The Labute approximate surface area is 114 Å². The summed E-state index contributed by atoms with van der Waals surface area (Å²) < 4.78 is 24.7. The average Bonchev–Trinajstić information content (AvgIpc) is 2.83. The summed E-state index contributed by atoms with van der Waals surface area (Å²) in [5.74, 6) is 0.740. The number of nitrogen functional groups attached to an aromatic ring is 1. The van der Waals surface area contributed by atoms with Crippen LogP contribution in [0.4, 0.5) is 10.2 Å². The highest BCUT2D eigenvalue weighted by Crippen LogP contribution is 2.46. The molecule has 0 bridgehead atoms. The molecule has 0 amide bonds. The molecular weight excluding hydrogens is 269 g/mol. The smallest absolute Gasteiger partial charge is 0.177 e. The van der Waals surface area contributed by atoms with E-state index >= 15 is 0 Å². The Hall–Kier alpha value is -1.89. The van der Waals surface area contributed by atoms with E-state index in [0.717, 1.165) is 0 Å². The number of nitrogens with two attached hydrogens (primary N) is 1. The van der Waals surface area contributed by atoms with Gasteiger partial charge in [0.1, 0.15) is 11.6 Å². The summed E-state index contributed by atoms with van der Waals surface area (Å²) in [5, 5.41) is 6.43. The van der Waals surface area contributed by atoms with Crippen molar-refractivity contribution in [2.75, 3.05) is 26.2 Å². The molecule has 0 saturated carbocycles. The highest BCUT2D eigenvalue weighted by molar-refractivity contribution is 7.98. The number of nitrogens with one attached hydrogen (secondary N) is 1. The lowest BCUT2D eigenvalue weighted by Crippen LogP contribution is -1.99. The SMILES string of the molecule is COc1c(-c2cn[nH]c2N)cc(F)c(SC)c1OC. The van der Waals surface area contributed by atoms with E-state index in [-0.39, 0.29) is 5.82 Å². The summed E-state index contributed by atoms with van der Waals surface area (Å²) in [6.45, 7) is 0. The zero-order valence-electron chi connectivity index (χ0n) is 10.8. The van der Waals surface area contributed by atoms with Gasteiger partial charge in [-0.2, -0.15) is 5.10 Å². The molecule has 0 aliphatic rings. The zero-order valence-corrected chi connectivity index (χ0v) is 11.6. The van der Waals surface area contributed by atoms with Crippen LogP contribution < -0.4 is 15.2 Å². The molecule has 3 N–H and O–H groups in total. The quantitative estimate of drug-likeness (QED) is 0.844. The van der Waals surface area contributed by atoms with Gasteiger partial charge in [-0.05, 0) is 12.3 Å². The number of H-pyrrole nitrogens is 1. The maximum absolute atomic E-state index is 14.1. The Balaban J connectivity index is 2.75. The molecule has 2 rings (SSSR count). The Kier molecular flexibility index (Phi) is 3.84. The first-order valence-corrected chi connectivity index (χ1v) is 6.64. The van der Waals surface area contributed by atoms with Crippen molar-refractivity contribution < 1.29 is 13.9 Å². The number of nitrogens with zero attached hydrogens (tertiary/aromatic N) is 1. The number of anilines is 1. The first-order valence-electron chi connectivity index (χ1n) is 5.41. The molecule has 7 heteroatoms. The van der Waals surface area contributed by atoms with Crippen LogP contribution >= 0.6 is 11.8 Å². The molecule has 1 heterocycles. The topological polar surface area (TPSA) is 73.2 Å². The fraction of sp³-hybridized carbons (Fsp3) is 0.250. The van der Waals surface area contributed by atoms with Crippen molar-refractivity contribution in [2.24, 2.45) is 0 Å². The molecule has 0 spiro atoms. The van der Waals surface area contributed by atoms with E-state index in [9.17, 15) is 4.39 Å². The third-order valence-electron chi connectivity index (χ3n) is 2.72. The molecule has 0 aliphatic heterocycles. The van der Waals surface area contributed by atoms with E-state index < -0.39 is 0 Å². The minimum absolute atomic E-state index is 0.344. The van der Waals surface area contributed by atoms with Gasteiger partial charge in [0, 0.05) is 11.1 Å². The number of halogens is 1. The number of hydrogen-bond acceptors (Lipinski definition) is 5. The molecule has 0 atom stereocenters. The van der Waals surface area contributed by atoms with Crippen LogP contribution in [0.25, 0.3) is 11.1 Å². The van der Waals surface area contributed by atoms with E-state index in [1.165, 1.54) is 38.2 Å². The standard InChI is InChI=1S/C12H14FN3O2S/c1-17-9-6(7-5-15-16-12(7)14)4-8(13)11(19-3)10(9)18-2/h4-5H,1-3H3,(H3,14,15,16). The number of rotatable bonds is 4. The van der Waals surface area contributed by atoms with Gasteiger partial charge in [-0.25, -0.2) is 4.39 Å². The van der Waals surface area contributed by atoms with Crippen molar-refractivity contribution >= 4 is 17.6 Å². The third kappa shape index (κ3) is 2.21. The number of hydrogen-bond donors (Lipinski definition) is 2. The first-order chi connectivity index (χ1) is 9.13. The summed E-state index contributed by atoms with van der Waals surface area (Å²) >= 11 is 1.25. The zero-order chi connectivity index (χ0) is 14.0. The van der Waals surface area contributed by atoms with Crippen LogP contribution in [-0.2, 0) is 0 Å². The van der Waals surface area contributed by atoms with Gasteiger partial charge in [0.15, 0.2) is 11.5 Å². The molecule has 1 aromatic heterocycles. The second kappa shape index (κ2) is 5.40. The Morgan fingerprint density at radius 2 is 1.95 bits per heavy atom. The molecule has 0 unspecified atom stereocenters. The Morgan fingerprint density at radius 3 is 2.42 bits per heavy atom. The fourth-order valence-electron chi connectivity index (χ4n) is 1.88. The molecule has 0 saturated heterocycles. The lowest BCUT2D eigenvalue weighted by atomic mass is 10.1. The van der Waals surface area contributed by atoms with Crippen LogP contribution in [0.15, 0.2) is 17.2 Å². The van der Waals surface area contributed by atoms with Crippen LogP contribution in [0.2, 0.25) is 0 Å². The molecule has 5 nitrogen and oxygen atoms in total. The summed E-state index contributed by atoms with van der Waals surface area (Å²) in [6, 6.07) is 1.37. The molecule has 2 aromatic rings. The lowest BCUT2D eigenvalue weighted by Gasteiger charge is -2.16. The van der Waals surface area contributed by atoms with Crippen LogP contribution in [0, 0.1) is 5.82 Å². The van der Waals surface area contributed by atoms with Crippen molar-refractivity contribution in [3.05, 3.63) is 18.1 Å². The highest BCUT2D eigenvalue weighted by Gasteiger charge is 2.22. The normalized spacial score (nSPS) is 10.5. The predicted molar refractivity (Wildman–Crippen MR) is 73.3 cm³/mol. The summed E-state index contributed by atoms with van der Waals surface area (Å²) in [4.78, 5) is 0.394. The van der Waals surface area contributed by atoms with E-state index in [1.807, 2.05) is 0 Å². The van der Waals surface area contributed by atoms with E-state index in [1.54, 1.807) is 6.26 Å². The number of aromatic amines is 1. The third-order valence-corrected chi connectivity index (χ3v) is 3.51. The average molecular weight is 283 g/mol. The van der Waals surface area contributed by atoms with Crippen molar-refractivity contribution in [3.8, 4) is 22.6 Å². The minimum atomic E-state index is -0.388. The van der Waals surface area contributed by atoms with E-state index in [0.29, 0.717) is 33.3 Å². The molecule has 0 aliphatic carbocycles. The van der Waals surface area contributed by atoms with Crippen molar-refractivity contribution in [2.45, 2.75) is 4.90 Å². The van der Waals surface area contributed by atoms with Gasteiger partial charge in [0.25, 0.3) is 0 Å². The number of benzene rings is 1. The molecule has 19 heavy (non-hydrogen) atoms. The van der Waals surface area contributed by atoms with E-state index in [4.69, 9.17) is 15.2 Å². The molecule has 1 aromatic carbocycles. The minimum Gasteiger partial charge on any atom is -0.492 e. The van der Waals surface area contributed by atoms with Crippen LogP contribution in [0.3, 0.4) is 0 Å². The Bertz CT molecular complexity index is 601. The molecule has 102 valence electrons. The van der Waals surface area contributed by atoms with Gasteiger partial charge >= 0.3 is 0 Å². The molecule has 0 fully saturated rings. The van der Waals surface area contributed by atoms with Gasteiger partial charge in [-0.1, -0.05) is 0 Å². The van der Waals surface area contributed by atoms with Gasteiger partial charge in [-0.15, -0.1) is 11.8 Å². The van der Waals surface area contributed by atoms with Crippen molar-refractivity contribution in [1.29, 1.82) is 0 Å². The molecule has 0 radical (unpaired) electrons. The summed E-state index contributed by atoms with van der Waals surface area (Å²) in [6.07, 6.45) is 3.29. The van der Waals surface area contributed by atoms with Gasteiger partial charge in [0.05, 0.1) is 25.3 Å². The Morgan fingerprint density at radius 1 is 1.26 bits per heavy atom. The van der Waals surface area contributed by atoms with Crippen molar-refractivity contribution in [3.63, 3.8) is 0 Å². The molecular formula is C12H14FN3O2S. The maximum Gasteiger partial charge on any atom is 0.177 e. The summed E-state index contributed by atoms with van der Waals surface area (Å²) in [7, 11) is 2.97. The highest BCUT2D eigenvalue weighted by atomic mass is 32.2. The van der Waals surface area contributed by atoms with Crippen molar-refractivity contribution in [1.82, 2.24) is 10.2 Å². The van der Waals surface area contributed by atoms with E-state index in [2.05, 4.69) is 10.2 Å². The fourth-order valence-corrected chi connectivity index (χ4v) is 2.50. The van der Waals surface area contributed by atoms with Crippen LogP contribution in [0.5, 0.6) is 11.5 Å². The number of thioether (sulfide) groups is 1. The first kappa shape index (κ1) is 13.5. The van der Waals surface area contributed by atoms with Crippen LogP contribution in [-0.4, -0.2) is 30.7 Å². The van der Waals surface area contributed by atoms with Gasteiger partial charge in [0.2, 0.25) is 0 Å². The number of methoxy groups -OCH3 is 2. The second-order valence-corrected chi connectivity index (χ2v) is 4.52. The predicted octanol–water partition coefficient (Wildman–Crippen LogP) is 2.54. The second-order valence-electron chi connectivity index (χ2n) is 3.70. The van der Waals surface area contributed by atoms with Gasteiger partial charge in [-0.3, -0.25) is 5.10 Å².